The Hall–Kier alpha value is -12.7. The molecule has 0 N–H and O–H groups in total. The number of rotatable bonds is 12. The van der Waals surface area contributed by atoms with Crippen molar-refractivity contribution in [3.8, 4) is 66.8 Å². The number of fused-ring (bicyclic) bond motifs is 14. The topological polar surface area (TPSA) is 0 Å². The van der Waals surface area contributed by atoms with Crippen molar-refractivity contribution in [1.82, 2.24) is 0 Å². The van der Waals surface area contributed by atoms with Crippen molar-refractivity contribution in [3.05, 3.63) is 419 Å². The van der Waals surface area contributed by atoms with Gasteiger partial charge in [-0.2, -0.15) is 0 Å². The first-order valence-corrected chi connectivity index (χ1v) is 38.6. The van der Waals surface area contributed by atoms with Crippen LogP contribution in [0.2, 0.25) is 0 Å². The zero-order valence-electron chi connectivity index (χ0n) is 61.3. The zero-order chi connectivity index (χ0) is 71.9. The summed E-state index contributed by atoms with van der Waals surface area (Å²) in [7, 11) is 0. The predicted molar refractivity (Wildman–Crippen MR) is 460 cm³/mol. The highest BCUT2D eigenvalue weighted by molar-refractivity contribution is 6.27. The molecule has 510 valence electrons. The van der Waals surface area contributed by atoms with Crippen LogP contribution in [-0.4, -0.2) is 0 Å². The molecule has 0 fully saturated rings. The number of aryl methyl sites for hydroxylation is 6. The lowest BCUT2D eigenvalue weighted by atomic mass is 9.66. The Morgan fingerprint density at radius 2 is 0.472 bits per heavy atom. The minimum atomic E-state index is -0.565. The number of hydrogen-bond acceptors (Lipinski definition) is 0. The molecule has 108 heavy (non-hydrogen) atoms. The van der Waals surface area contributed by atoms with E-state index in [4.69, 9.17) is 0 Å². The first kappa shape index (κ1) is 63.7. The third-order valence-corrected chi connectivity index (χ3v) is 25.1. The molecule has 0 amide bonds. The van der Waals surface area contributed by atoms with Crippen molar-refractivity contribution >= 4 is 86.2 Å². The Kier molecular flexibility index (Phi) is 14.7. The lowest BCUT2D eigenvalue weighted by molar-refractivity contribution is 0.447. The fraction of sp³-hybridized carbons (Fsp3) is 0.0926. The van der Waals surface area contributed by atoms with Gasteiger partial charge in [-0.15, -0.1) is 0 Å². The van der Waals surface area contributed by atoms with Crippen LogP contribution < -0.4 is 0 Å². The lowest BCUT2D eigenvalue weighted by Gasteiger charge is -2.35. The maximum atomic E-state index is 2.72. The van der Waals surface area contributed by atoms with Gasteiger partial charge < -0.3 is 0 Å². The van der Waals surface area contributed by atoms with Crippen molar-refractivity contribution in [1.29, 1.82) is 0 Å². The second-order valence-corrected chi connectivity index (χ2v) is 31.0. The fourth-order valence-electron chi connectivity index (χ4n) is 20.2. The van der Waals surface area contributed by atoms with Crippen LogP contribution in [0.3, 0.4) is 0 Å². The quantitative estimate of drug-likeness (QED) is 0.107. The highest BCUT2D eigenvalue weighted by Gasteiger charge is 2.50. The lowest BCUT2D eigenvalue weighted by Crippen LogP contribution is -2.29. The fourth-order valence-corrected chi connectivity index (χ4v) is 20.2. The Labute approximate surface area is 631 Å². The summed E-state index contributed by atoms with van der Waals surface area (Å²) in [5.41, 5.74) is 30.6. The van der Waals surface area contributed by atoms with E-state index in [2.05, 4.69) is 380 Å². The Bertz CT molecular complexity index is 6500. The van der Waals surface area contributed by atoms with Gasteiger partial charge in [0.1, 0.15) is 0 Å². The van der Waals surface area contributed by atoms with Gasteiger partial charge in [0.05, 0.1) is 5.41 Å². The van der Waals surface area contributed by atoms with Gasteiger partial charge in [-0.05, 0) is 263 Å². The maximum absolute atomic E-state index is 2.72. The summed E-state index contributed by atoms with van der Waals surface area (Å²) in [4.78, 5) is 0. The van der Waals surface area contributed by atoms with Crippen molar-refractivity contribution in [2.24, 2.45) is 0 Å². The van der Waals surface area contributed by atoms with Gasteiger partial charge in [-0.25, -0.2) is 0 Å². The molecule has 0 heterocycles. The molecule has 0 aliphatic heterocycles. The maximum Gasteiger partial charge on any atom is 0.0713 e. The SMILES string of the molecule is Cc1ccc(C2(c3ccc(C)cc3)c3cc(C)ccc3-c3cc4c(cc32)-c2ccc(C)cc2C4(CCc2ccc(-c3c4ccccc4c(-c4cccc5ccccc45)c4ccccc34)c3ccccc23)CCc2ccc(-c3c4ccccc4c(-c4cccc5ccccc45)c4ccccc34)c3ccccc23)cc1. The van der Waals surface area contributed by atoms with E-state index >= 15 is 0 Å². The van der Waals surface area contributed by atoms with Crippen LogP contribution in [0.5, 0.6) is 0 Å². The van der Waals surface area contributed by atoms with E-state index in [9.17, 15) is 0 Å². The van der Waals surface area contributed by atoms with E-state index in [-0.39, 0.29) is 0 Å². The highest BCUT2D eigenvalue weighted by Crippen LogP contribution is 2.63. The molecule has 0 nitrogen and oxygen atoms in total. The summed E-state index contributed by atoms with van der Waals surface area (Å²) >= 11 is 0. The minimum absolute atomic E-state index is 0.414. The van der Waals surface area contributed by atoms with Gasteiger partial charge in [-0.1, -0.05) is 362 Å². The molecule has 0 aromatic heterocycles. The summed E-state index contributed by atoms with van der Waals surface area (Å²) in [6.07, 6.45) is 3.55. The molecule has 0 heteroatoms. The van der Waals surface area contributed by atoms with Gasteiger partial charge in [0.15, 0.2) is 0 Å². The molecule has 2 aliphatic rings. The van der Waals surface area contributed by atoms with Crippen LogP contribution in [0, 0.1) is 27.7 Å². The Morgan fingerprint density at radius 1 is 0.194 bits per heavy atom. The largest absolute Gasteiger partial charge is 0.0713 e. The summed E-state index contributed by atoms with van der Waals surface area (Å²) in [5.74, 6) is 0. The number of benzene rings is 19. The molecule has 0 saturated carbocycles. The molecule has 0 radical (unpaired) electrons. The first-order chi connectivity index (χ1) is 53.2. The van der Waals surface area contributed by atoms with Crippen LogP contribution >= 0.6 is 0 Å². The summed E-state index contributed by atoms with van der Waals surface area (Å²) in [5, 5.41) is 20.3. The van der Waals surface area contributed by atoms with Crippen molar-refractivity contribution in [3.63, 3.8) is 0 Å². The average Bonchev–Trinajstić information content (AvgIpc) is 1.50. The first-order valence-electron chi connectivity index (χ1n) is 38.6. The van der Waals surface area contributed by atoms with Crippen molar-refractivity contribution in [2.45, 2.75) is 64.2 Å². The summed E-state index contributed by atoms with van der Waals surface area (Å²) in [6.45, 7) is 9.02. The van der Waals surface area contributed by atoms with Crippen LogP contribution in [0.25, 0.3) is 153 Å². The minimum Gasteiger partial charge on any atom is -0.0616 e. The second-order valence-electron chi connectivity index (χ2n) is 31.0. The zero-order valence-corrected chi connectivity index (χ0v) is 61.3. The monoisotopic (exact) mass is 1370 g/mol. The molecule has 0 saturated heterocycles. The molecule has 0 bridgehead atoms. The average molecular weight is 1380 g/mol. The predicted octanol–water partition coefficient (Wildman–Crippen LogP) is 28.7. The smallest absolute Gasteiger partial charge is 0.0616 e. The highest BCUT2D eigenvalue weighted by atomic mass is 14.5. The third-order valence-electron chi connectivity index (χ3n) is 25.1. The Balaban J connectivity index is 0.760. The van der Waals surface area contributed by atoms with Gasteiger partial charge in [0, 0.05) is 5.41 Å². The van der Waals surface area contributed by atoms with Crippen molar-refractivity contribution < 1.29 is 0 Å². The normalized spacial score (nSPS) is 13.3. The molecule has 19 aromatic carbocycles. The van der Waals surface area contributed by atoms with Gasteiger partial charge in [-0.3, -0.25) is 0 Å². The van der Waals surface area contributed by atoms with E-state index in [0.29, 0.717) is 0 Å². The van der Waals surface area contributed by atoms with Crippen LogP contribution in [0.1, 0.15) is 79.6 Å². The van der Waals surface area contributed by atoms with Gasteiger partial charge >= 0.3 is 0 Å². The standard InChI is InChI=1S/C108H78/c1-67-43-51-75(52-44-67)108(76-53-45-68(2)46-54-76)101-64-70(4)48-56-84(101)98-65-100-97(66-102(98)108)83-55-47-69(3)63-99(83)107(100,61-59-73-49-57-95(81-31-11-9-27-77(73)81)105-91-37-17-13-33-87(91)103(88-34-14-18-38-92(88)105)85-41-21-25-71-23-5-7-29-79(71)85)62-60-74-50-58-96(82-32-12-10-28-78(74)82)106-93-39-19-15-35-89(93)104(90-36-16-20-40-94(90)106)86-42-22-26-72-24-6-8-30-80(72)86/h5-58,63-66H,59-62H2,1-4H3. The van der Waals surface area contributed by atoms with Crippen LogP contribution in [-0.2, 0) is 23.7 Å². The molecular weight excluding hydrogens is 1300 g/mol. The Morgan fingerprint density at radius 3 is 0.880 bits per heavy atom. The summed E-state index contributed by atoms with van der Waals surface area (Å²) < 4.78 is 0. The molecule has 2 aliphatic carbocycles. The van der Waals surface area contributed by atoms with E-state index < -0.39 is 10.8 Å². The van der Waals surface area contributed by atoms with Gasteiger partial charge in [0.25, 0.3) is 0 Å². The molecule has 19 aromatic rings. The molecule has 0 unspecified atom stereocenters. The summed E-state index contributed by atoms with van der Waals surface area (Å²) in [6, 6.07) is 136. The van der Waals surface area contributed by atoms with E-state index in [1.54, 1.807) is 0 Å². The molecule has 0 spiro atoms. The van der Waals surface area contributed by atoms with Gasteiger partial charge in [0.2, 0.25) is 0 Å². The number of hydrogen-bond donors (Lipinski definition) is 0. The van der Waals surface area contributed by atoms with E-state index in [1.165, 1.54) is 220 Å². The van der Waals surface area contributed by atoms with Crippen molar-refractivity contribution in [2.75, 3.05) is 0 Å². The molecular formula is C108H78. The molecule has 0 atom stereocenters. The van der Waals surface area contributed by atoms with E-state index in [0.717, 1.165) is 25.7 Å². The van der Waals surface area contributed by atoms with Crippen LogP contribution in [0.15, 0.2) is 352 Å². The van der Waals surface area contributed by atoms with E-state index in [1.807, 2.05) is 0 Å². The second kappa shape index (κ2) is 25.0. The van der Waals surface area contributed by atoms with Crippen LogP contribution in [0.4, 0.5) is 0 Å². The molecule has 21 rings (SSSR count). The third kappa shape index (κ3) is 9.62.